The molecule has 0 fully saturated rings. The topological polar surface area (TPSA) is 16.4 Å². The predicted molar refractivity (Wildman–Crippen MR) is 268 cm³/mol. The van der Waals surface area contributed by atoms with Gasteiger partial charge in [-0.25, -0.2) is 0 Å². The van der Waals surface area contributed by atoms with E-state index in [0.717, 1.165) is 33.6 Å². The fourth-order valence-electron chi connectivity index (χ4n) is 9.77. The fraction of sp³-hybridized carbons (Fsp3) is 0. The van der Waals surface area contributed by atoms with Crippen molar-refractivity contribution in [3.8, 4) is 11.1 Å². The van der Waals surface area contributed by atoms with Crippen molar-refractivity contribution in [2.45, 2.75) is 0 Å². The largest absolute Gasteiger partial charge is 0.456 e. The highest BCUT2D eigenvalue weighted by molar-refractivity contribution is 7.27. The van der Waals surface area contributed by atoms with Gasteiger partial charge in [0.1, 0.15) is 11.2 Å². The predicted octanol–water partition coefficient (Wildman–Crippen LogP) is 13.6. The first kappa shape index (κ1) is 36.4. The molecule has 12 aromatic rings. The third-order valence-corrected chi connectivity index (χ3v) is 18.6. The van der Waals surface area contributed by atoms with Gasteiger partial charge in [-0.05, 0) is 85.1 Å². The summed E-state index contributed by atoms with van der Waals surface area (Å²) in [6.45, 7) is 0. The molecule has 0 aliphatic heterocycles. The van der Waals surface area contributed by atoms with E-state index >= 15 is 0 Å². The summed E-state index contributed by atoms with van der Waals surface area (Å²) in [4.78, 5) is 2.44. The Morgan fingerprint density at radius 1 is 0.371 bits per heavy atom. The van der Waals surface area contributed by atoms with Crippen LogP contribution >= 0.6 is 11.3 Å². The van der Waals surface area contributed by atoms with Crippen LogP contribution < -0.4 is 25.6 Å². The first-order chi connectivity index (χ1) is 30.7. The van der Waals surface area contributed by atoms with Crippen LogP contribution in [0.4, 0.5) is 17.1 Å². The van der Waals surface area contributed by atoms with Crippen molar-refractivity contribution in [2.75, 3.05) is 4.90 Å². The number of thiophene rings is 1. The number of hydrogen-bond acceptors (Lipinski definition) is 3. The SMILES string of the molecule is c1ccc([Si](c2ccccc2)(c2ccccc2)c2ccc(N(c3ccc(-c4ccc5ccccc5c4)cc3)c3cc4oc5ccccc5c4c4sc5ccccc5c34)cc2)cc1. The minimum atomic E-state index is -2.74. The number of benzene rings is 10. The molecular formula is C58H39NOSSi. The van der Waals surface area contributed by atoms with E-state index in [2.05, 4.69) is 241 Å². The number of fused-ring (bicyclic) bond motifs is 8. The molecule has 292 valence electrons. The molecule has 0 radical (unpaired) electrons. The van der Waals surface area contributed by atoms with Crippen molar-refractivity contribution in [3.63, 3.8) is 0 Å². The molecule has 0 saturated heterocycles. The van der Waals surface area contributed by atoms with Crippen LogP contribution in [0.1, 0.15) is 0 Å². The summed E-state index contributed by atoms with van der Waals surface area (Å²) in [6, 6.07) is 86.8. The summed E-state index contributed by atoms with van der Waals surface area (Å²) in [6.07, 6.45) is 0. The molecule has 2 aromatic heterocycles. The Morgan fingerprint density at radius 2 is 0.887 bits per heavy atom. The molecule has 0 atom stereocenters. The van der Waals surface area contributed by atoms with Gasteiger partial charge in [0, 0.05) is 48.4 Å². The molecule has 0 saturated carbocycles. The summed E-state index contributed by atoms with van der Waals surface area (Å²) in [7, 11) is -2.74. The summed E-state index contributed by atoms with van der Waals surface area (Å²) < 4.78 is 9.22. The lowest BCUT2D eigenvalue weighted by Crippen LogP contribution is -2.74. The highest BCUT2D eigenvalue weighted by Gasteiger charge is 2.41. The van der Waals surface area contributed by atoms with Gasteiger partial charge in [0.15, 0.2) is 8.07 Å². The number of rotatable bonds is 8. The number of para-hydroxylation sites is 1. The average molecular weight is 826 g/mol. The van der Waals surface area contributed by atoms with E-state index in [-0.39, 0.29) is 0 Å². The summed E-state index contributed by atoms with van der Waals surface area (Å²) in [5, 5.41) is 12.7. The van der Waals surface area contributed by atoms with Crippen molar-refractivity contribution >= 4 is 110 Å². The second-order valence-electron chi connectivity index (χ2n) is 16.0. The first-order valence-corrected chi connectivity index (χ1v) is 24.0. The van der Waals surface area contributed by atoms with Crippen LogP contribution in [0.2, 0.25) is 0 Å². The van der Waals surface area contributed by atoms with E-state index in [9.17, 15) is 0 Å². The van der Waals surface area contributed by atoms with Gasteiger partial charge in [-0.1, -0.05) is 188 Å². The van der Waals surface area contributed by atoms with Crippen LogP contribution in [0.15, 0.2) is 241 Å². The Kier molecular flexibility index (Phi) is 8.73. The Balaban J connectivity index is 1.10. The zero-order chi connectivity index (χ0) is 41.0. The van der Waals surface area contributed by atoms with Crippen molar-refractivity contribution in [3.05, 3.63) is 237 Å². The molecular weight excluding hydrogens is 787 g/mol. The van der Waals surface area contributed by atoms with Crippen molar-refractivity contribution < 1.29 is 4.42 Å². The normalized spacial score (nSPS) is 11.9. The molecule has 0 N–H and O–H groups in total. The zero-order valence-electron chi connectivity index (χ0n) is 33.8. The van der Waals surface area contributed by atoms with Crippen LogP contribution in [-0.4, -0.2) is 8.07 Å². The Morgan fingerprint density at radius 3 is 1.55 bits per heavy atom. The van der Waals surface area contributed by atoms with Gasteiger partial charge in [-0.15, -0.1) is 11.3 Å². The third-order valence-electron chi connectivity index (χ3n) is 12.6. The maximum absolute atomic E-state index is 6.73. The summed E-state index contributed by atoms with van der Waals surface area (Å²) in [5.74, 6) is 0. The van der Waals surface area contributed by atoms with E-state index in [4.69, 9.17) is 4.42 Å². The maximum atomic E-state index is 6.73. The van der Waals surface area contributed by atoms with E-state index in [1.165, 1.54) is 68.2 Å². The zero-order valence-corrected chi connectivity index (χ0v) is 35.6. The van der Waals surface area contributed by atoms with E-state index in [1.54, 1.807) is 0 Å². The molecule has 0 amide bonds. The van der Waals surface area contributed by atoms with Gasteiger partial charge in [-0.2, -0.15) is 0 Å². The molecule has 62 heavy (non-hydrogen) atoms. The van der Waals surface area contributed by atoms with Crippen molar-refractivity contribution in [2.24, 2.45) is 0 Å². The summed E-state index contributed by atoms with van der Waals surface area (Å²) in [5.41, 5.74) is 7.41. The van der Waals surface area contributed by atoms with Gasteiger partial charge < -0.3 is 9.32 Å². The average Bonchev–Trinajstić information content (AvgIpc) is 3.92. The number of anilines is 3. The third kappa shape index (κ3) is 5.83. The maximum Gasteiger partial charge on any atom is 0.179 e. The highest BCUT2D eigenvalue weighted by Crippen LogP contribution is 2.50. The van der Waals surface area contributed by atoms with Crippen molar-refractivity contribution in [1.82, 2.24) is 0 Å². The first-order valence-electron chi connectivity index (χ1n) is 21.2. The van der Waals surface area contributed by atoms with Crippen molar-refractivity contribution in [1.29, 1.82) is 0 Å². The highest BCUT2D eigenvalue weighted by atomic mass is 32.1. The quantitative estimate of drug-likeness (QED) is 0.112. The van der Waals surface area contributed by atoms with Crippen LogP contribution in [0.5, 0.6) is 0 Å². The molecule has 4 heteroatoms. The van der Waals surface area contributed by atoms with E-state index < -0.39 is 8.07 Å². The van der Waals surface area contributed by atoms with Crippen LogP contribution in [0.3, 0.4) is 0 Å². The van der Waals surface area contributed by atoms with Crippen LogP contribution in [0, 0.1) is 0 Å². The molecule has 0 unspecified atom stereocenters. The lowest BCUT2D eigenvalue weighted by molar-refractivity contribution is 0.669. The number of nitrogens with zero attached hydrogens (tertiary/aromatic N) is 1. The lowest BCUT2D eigenvalue weighted by Gasteiger charge is -2.35. The number of hydrogen-bond donors (Lipinski definition) is 0. The Hall–Kier alpha value is -7.50. The van der Waals surface area contributed by atoms with Gasteiger partial charge >= 0.3 is 0 Å². The van der Waals surface area contributed by atoms with Gasteiger partial charge in [0.25, 0.3) is 0 Å². The molecule has 2 nitrogen and oxygen atoms in total. The van der Waals surface area contributed by atoms with Crippen LogP contribution in [-0.2, 0) is 0 Å². The van der Waals surface area contributed by atoms with Gasteiger partial charge in [0.05, 0.1) is 5.69 Å². The smallest absolute Gasteiger partial charge is 0.179 e. The molecule has 0 aliphatic carbocycles. The monoisotopic (exact) mass is 825 g/mol. The lowest BCUT2D eigenvalue weighted by atomic mass is 10.0. The molecule has 0 aliphatic rings. The Bertz CT molecular complexity index is 3460. The fourth-order valence-corrected chi connectivity index (χ4v) is 15.8. The summed E-state index contributed by atoms with van der Waals surface area (Å²) >= 11 is 1.85. The molecule has 12 rings (SSSR count). The van der Waals surface area contributed by atoms with E-state index in [1.807, 2.05) is 11.3 Å². The molecule has 2 heterocycles. The van der Waals surface area contributed by atoms with E-state index in [0.29, 0.717) is 0 Å². The Labute approximate surface area is 365 Å². The number of furan rings is 1. The molecule has 0 spiro atoms. The molecule has 10 aromatic carbocycles. The molecule has 0 bridgehead atoms. The minimum Gasteiger partial charge on any atom is -0.456 e. The van der Waals surface area contributed by atoms with Gasteiger partial charge in [0.2, 0.25) is 0 Å². The standard InChI is InChI=1S/C58H39NOSSi/c1-4-18-46(19-5-1)62(47-20-6-2-7-21-47,48-22-8-3-9-23-48)49-36-34-45(35-37-49)59(44-32-30-41(31-33-44)43-29-28-40-16-10-11-17-42(40)38-43)52-39-54-57(50-24-12-14-26-53(50)60-54)58-56(52)51-25-13-15-27-55(51)61-58/h1-39H. The second kappa shape index (κ2) is 14.9. The minimum absolute atomic E-state index is 0.887. The van der Waals surface area contributed by atoms with Crippen LogP contribution in [0.25, 0.3) is 64.0 Å². The van der Waals surface area contributed by atoms with Gasteiger partial charge in [-0.3, -0.25) is 0 Å². The second-order valence-corrected chi connectivity index (χ2v) is 20.9.